The first-order chi connectivity index (χ1) is 17.5. The molecule has 1 fully saturated rings. The van der Waals surface area contributed by atoms with Crippen molar-refractivity contribution in [2.24, 2.45) is 11.6 Å². The van der Waals surface area contributed by atoms with Crippen molar-refractivity contribution >= 4 is 17.7 Å². The third kappa shape index (κ3) is 10.0. The number of nitrogens with zero attached hydrogens (tertiary/aromatic N) is 2. The zero-order valence-electron chi connectivity index (χ0n) is 21.9. The van der Waals surface area contributed by atoms with Gasteiger partial charge in [-0.3, -0.25) is 9.59 Å². The number of primary amides is 1. The van der Waals surface area contributed by atoms with Crippen molar-refractivity contribution in [2.75, 3.05) is 5.43 Å². The van der Waals surface area contributed by atoms with E-state index in [1.165, 1.54) is 44.9 Å². The van der Waals surface area contributed by atoms with Gasteiger partial charge in [0.25, 0.3) is 5.91 Å². The molecule has 1 amide bonds. The number of aromatic nitrogens is 2. The quantitative estimate of drug-likeness (QED) is 0.0761. The van der Waals surface area contributed by atoms with Gasteiger partial charge in [0.2, 0.25) is 0 Å². The molecule has 1 aromatic rings. The third-order valence-electron chi connectivity index (χ3n) is 6.58. The number of hydrogen-bond donors (Lipinski definition) is 3. The largest absolute Gasteiger partial charge is 0.462 e. The van der Waals surface area contributed by atoms with Gasteiger partial charge in [-0.2, -0.15) is 0 Å². The lowest BCUT2D eigenvalue weighted by Crippen LogP contribution is -2.21. The summed E-state index contributed by atoms with van der Waals surface area (Å²) >= 11 is 0. The van der Waals surface area contributed by atoms with Crippen LogP contribution >= 0.6 is 0 Å². The first kappa shape index (κ1) is 29.4. The van der Waals surface area contributed by atoms with Gasteiger partial charge in [-0.15, -0.1) is 0 Å². The van der Waals surface area contributed by atoms with E-state index in [2.05, 4.69) is 48.2 Å². The zero-order chi connectivity index (χ0) is 26.2. The molecule has 200 valence electrons. The van der Waals surface area contributed by atoms with E-state index in [9.17, 15) is 9.59 Å². The molecule has 8 heteroatoms. The predicted molar refractivity (Wildman–Crippen MR) is 145 cm³/mol. The first-order valence-corrected chi connectivity index (χ1v) is 13.5. The summed E-state index contributed by atoms with van der Waals surface area (Å²) < 4.78 is 7.42. The van der Waals surface area contributed by atoms with E-state index in [-0.39, 0.29) is 23.8 Å². The molecule has 0 aliphatic heterocycles. The number of allylic oxidation sites excluding steroid dienone is 4. The van der Waals surface area contributed by atoms with Crippen LogP contribution in [-0.2, 0) is 9.53 Å². The number of nitrogens with two attached hydrogens (primary N) is 2. The lowest BCUT2D eigenvalue weighted by atomic mass is 10.1. The number of hydrazine groups is 1. The predicted octanol–water partition coefficient (Wildman–Crippen LogP) is 5.88. The highest BCUT2D eigenvalue weighted by atomic mass is 16.5. The van der Waals surface area contributed by atoms with Gasteiger partial charge in [-0.05, 0) is 38.5 Å². The van der Waals surface area contributed by atoms with Crippen LogP contribution in [0.25, 0.3) is 0 Å². The molecular formula is C28H45N5O3. The zero-order valence-corrected chi connectivity index (χ0v) is 21.9. The lowest BCUT2D eigenvalue weighted by Gasteiger charge is -2.17. The minimum absolute atomic E-state index is 0.0760. The molecule has 1 aromatic heterocycles. The molecule has 2 atom stereocenters. The highest BCUT2D eigenvalue weighted by Crippen LogP contribution is 2.38. The number of nitrogens with one attached hydrogen (secondary N) is 1. The molecule has 0 bridgehead atoms. The van der Waals surface area contributed by atoms with Crippen molar-refractivity contribution in [1.82, 2.24) is 9.55 Å². The van der Waals surface area contributed by atoms with Gasteiger partial charge in [-0.1, -0.05) is 75.5 Å². The standard InChI is InChI=1S/C28H45N5O3/c1-3-4-5-6-7-8-9-10-11-12-13-14-15-16-17-18-25(34)36-23-19-22(2)24(20-23)33-21-31-26(27(29)35)28(33)32-30/h7-8,10-11,21,23-24,32H,2-6,9,12-20,30H2,1H3,(H2,29,35)/b8-7-,11-10-/t23-,24+/m1/s1. The third-order valence-corrected chi connectivity index (χ3v) is 6.58. The van der Waals surface area contributed by atoms with Gasteiger partial charge in [0.15, 0.2) is 11.5 Å². The van der Waals surface area contributed by atoms with Gasteiger partial charge in [-0.25, -0.2) is 10.8 Å². The Morgan fingerprint density at radius 2 is 1.78 bits per heavy atom. The van der Waals surface area contributed by atoms with Crippen LogP contribution in [0.1, 0.15) is 113 Å². The Kier molecular flexibility index (Phi) is 13.7. The minimum Gasteiger partial charge on any atom is -0.462 e. The monoisotopic (exact) mass is 499 g/mol. The smallest absolute Gasteiger partial charge is 0.306 e. The fraction of sp³-hybridized carbons (Fsp3) is 0.607. The van der Waals surface area contributed by atoms with Crippen LogP contribution in [-0.4, -0.2) is 27.5 Å². The van der Waals surface area contributed by atoms with E-state index in [1.54, 1.807) is 4.57 Å². The Hall–Kier alpha value is -2.87. The van der Waals surface area contributed by atoms with Gasteiger partial charge < -0.3 is 20.5 Å². The number of amides is 1. The molecule has 1 heterocycles. The van der Waals surface area contributed by atoms with E-state index in [1.807, 2.05) is 0 Å². The number of esters is 1. The van der Waals surface area contributed by atoms with Crippen molar-refractivity contribution in [1.29, 1.82) is 0 Å². The van der Waals surface area contributed by atoms with Gasteiger partial charge in [0.05, 0.1) is 12.4 Å². The number of carbonyl (C=O) groups excluding carboxylic acids is 2. The maximum atomic E-state index is 12.3. The second kappa shape index (κ2) is 16.7. The Balaban J connectivity index is 1.55. The van der Waals surface area contributed by atoms with E-state index in [0.717, 1.165) is 37.7 Å². The van der Waals surface area contributed by atoms with Crippen molar-refractivity contribution in [3.63, 3.8) is 0 Å². The molecule has 8 nitrogen and oxygen atoms in total. The Morgan fingerprint density at radius 1 is 1.11 bits per heavy atom. The SMILES string of the molecule is C=C1C[C@@H](OC(=O)CCCCCCC/C=C\C/C=C\CCCCC)C[C@@H]1n1cnc(C(N)=O)c1NN. The summed E-state index contributed by atoms with van der Waals surface area (Å²) in [7, 11) is 0. The number of unbranched alkanes of at least 4 members (excludes halogenated alkanes) is 8. The molecular weight excluding hydrogens is 454 g/mol. The topological polar surface area (TPSA) is 125 Å². The molecule has 0 unspecified atom stereocenters. The molecule has 0 aromatic carbocycles. The Bertz CT molecular complexity index is 890. The highest BCUT2D eigenvalue weighted by molar-refractivity contribution is 5.95. The molecule has 0 spiro atoms. The second-order valence-electron chi connectivity index (χ2n) is 9.56. The molecule has 1 aliphatic carbocycles. The summed E-state index contributed by atoms with van der Waals surface area (Å²) in [5.41, 5.74) is 8.82. The van der Waals surface area contributed by atoms with E-state index in [4.69, 9.17) is 16.3 Å². The maximum absolute atomic E-state index is 12.3. The average molecular weight is 500 g/mol. The molecule has 5 N–H and O–H groups in total. The van der Waals surface area contributed by atoms with Crippen molar-refractivity contribution in [3.8, 4) is 0 Å². The summed E-state index contributed by atoms with van der Waals surface area (Å²) in [6.07, 6.45) is 24.6. The van der Waals surface area contributed by atoms with Crippen LogP contribution in [0.3, 0.4) is 0 Å². The van der Waals surface area contributed by atoms with Crippen molar-refractivity contribution in [3.05, 3.63) is 48.5 Å². The van der Waals surface area contributed by atoms with Crippen LogP contribution in [0.2, 0.25) is 0 Å². The van der Waals surface area contributed by atoms with Gasteiger partial charge in [0.1, 0.15) is 6.10 Å². The Morgan fingerprint density at radius 3 is 2.44 bits per heavy atom. The van der Waals surface area contributed by atoms with Crippen molar-refractivity contribution < 1.29 is 14.3 Å². The fourth-order valence-electron chi connectivity index (χ4n) is 4.57. The van der Waals surface area contributed by atoms with Gasteiger partial charge >= 0.3 is 5.97 Å². The second-order valence-corrected chi connectivity index (χ2v) is 9.56. The molecule has 1 aliphatic rings. The number of hydrogen-bond acceptors (Lipinski definition) is 6. The molecule has 0 radical (unpaired) electrons. The van der Waals surface area contributed by atoms with Crippen molar-refractivity contribution in [2.45, 2.75) is 109 Å². The first-order valence-electron chi connectivity index (χ1n) is 13.5. The summed E-state index contributed by atoms with van der Waals surface area (Å²) in [6, 6.07) is -0.162. The lowest BCUT2D eigenvalue weighted by molar-refractivity contribution is -0.148. The number of rotatable bonds is 18. The number of anilines is 1. The number of carbonyl (C=O) groups is 2. The molecule has 2 rings (SSSR count). The van der Waals surface area contributed by atoms with E-state index < -0.39 is 5.91 Å². The summed E-state index contributed by atoms with van der Waals surface area (Å²) in [5.74, 6) is 5.08. The highest BCUT2D eigenvalue weighted by Gasteiger charge is 2.33. The summed E-state index contributed by atoms with van der Waals surface area (Å²) in [4.78, 5) is 27.9. The van der Waals surface area contributed by atoms with Crippen LogP contribution in [0.4, 0.5) is 5.82 Å². The summed E-state index contributed by atoms with van der Waals surface area (Å²) in [5, 5.41) is 0. The number of imidazole rings is 1. The number of ether oxygens (including phenoxy) is 1. The normalized spacial score (nSPS) is 17.9. The summed E-state index contributed by atoms with van der Waals surface area (Å²) in [6.45, 7) is 6.34. The van der Waals surface area contributed by atoms with E-state index >= 15 is 0 Å². The van der Waals surface area contributed by atoms with Crippen LogP contribution in [0, 0.1) is 0 Å². The van der Waals surface area contributed by atoms with Gasteiger partial charge in [0, 0.05) is 19.3 Å². The molecule has 0 saturated heterocycles. The molecule has 36 heavy (non-hydrogen) atoms. The van der Waals surface area contributed by atoms with Crippen LogP contribution < -0.4 is 17.0 Å². The van der Waals surface area contributed by atoms with Crippen LogP contribution in [0.15, 0.2) is 42.8 Å². The fourth-order valence-corrected chi connectivity index (χ4v) is 4.57. The number of nitrogen functional groups attached to an aromatic ring is 1. The molecule has 1 saturated carbocycles. The minimum atomic E-state index is -0.661. The van der Waals surface area contributed by atoms with E-state index in [0.29, 0.717) is 25.1 Å². The average Bonchev–Trinajstić information content (AvgIpc) is 3.44. The Labute approximate surface area is 216 Å². The maximum Gasteiger partial charge on any atom is 0.306 e. The van der Waals surface area contributed by atoms with Crippen LogP contribution in [0.5, 0.6) is 0 Å².